The summed E-state index contributed by atoms with van der Waals surface area (Å²) in [6.07, 6.45) is 5.81. The Morgan fingerprint density at radius 3 is 1.82 bits per heavy atom. The Balaban J connectivity index is 1.67. The largest absolute Gasteiger partial charge is 0.301 e. The summed E-state index contributed by atoms with van der Waals surface area (Å²) in [5.74, 6) is 3.21. The van der Waals surface area contributed by atoms with Gasteiger partial charge < -0.3 is 9.80 Å². The zero-order valence-corrected chi connectivity index (χ0v) is 28.4. The molecule has 3 unspecified atom stereocenters. The molecule has 0 radical (unpaired) electrons. The van der Waals surface area contributed by atoms with E-state index in [-0.39, 0.29) is 17.0 Å². The number of aromatic nitrogens is 2. The average molecular weight is 587 g/mol. The van der Waals surface area contributed by atoms with Crippen LogP contribution in [0.15, 0.2) is 73.1 Å². The molecular weight excluding hydrogens is 536 g/mol. The van der Waals surface area contributed by atoms with Crippen molar-refractivity contribution in [2.75, 3.05) is 9.80 Å². The van der Waals surface area contributed by atoms with Gasteiger partial charge in [0.2, 0.25) is 0 Å². The van der Waals surface area contributed by atoms with E-state index in [1.54, 1.807) is 0 Å². The van der Waals surface area contributed by atoms with Gasteiger partial charge in [0.25, 0.3) is 0 Å². The molecule has 3 atom stereocenters. The predicted octanol–water partition coefficient (Wildman–Crippen LogP) is 11.2. The second-order valence-electron chi connectivity index (χ2n) is 14.4. The first-order valence-corrected chi connectivity index (χ1v) is 16.8. The predicted molar refractivity (Wildman–Crippen MR) is 187 cm³/mol. The lowest BCUT2D eigenvalue weighted by atomic mass is 9.55. The molecule has 44 heavy (non-hydrogen) atoms. The molecule has 0 fully saturated rings. The van der Waals surface area contributed by atoms with Gasteiger partial charge >= 0.3 is 0 Å². The molecule has 2 aliphatic heterocycles. The van der Waals surface area contributed by atoms with Crippen molar-refractivity contribution in [3.63, 3.8) is 0 Å². The molecule has 2 aliphatic rings. The summed E-state index contributed by atoms with van der Waals surface area (Å²) in [4.78, 5) is 15.0. The normalized spacial score (nSPS) is 22.5. The summed E-state index contributed by atoms with van der Waals surface area (Å²) < 4.78 is 0. The van der Waals surface area contributed by atoms with E-state index in [1.165, 1.54) is 39.1 Å². The molecule has 0 aliphatic carbocycles. The maximum absolute atomic E-state index is 5.04. The first-order chi connectivity index (χ1) is 21.0. The van der Waals surface area contributed by atoms with Crippen molar-refractivity contribution in [3.05, 3.63) is 95.3 Å². The van der Waals surface area contributed by atoms with Crippen LogP contribution in [0.5, 0.6) is 0 Å². The first kappa shape index (κ1) is 30.4. The zero-order valence-electron chi connectivity index (χ0n) is 28.4. The summed E-state index contributed by atoms with van der Waals surface area (Å²) in [5.41, 5.74) is 10.7. The fraction of sp³-hybridized carbons (Fsp3) is 0.450. The monoisotopic (exact) mass is 586 g/mol. The molecule has 4 nitrogen and oxygen atoms in total. The van der Waals surface area contributed by atoms with Crippen LogP contribution < -0.4 is 9.80 Å². The van der Waals surface area contributed by atoms with E-state index in [0.29, 0.717) is 17.8 Å². The first-order valence-electron chi connectivity index (χ1n) is 16.8. The third-order valence-electron chi connectivity index (χ3n) is 11.2. The molecule has 6 rings (SSSR count). The Morgan fingerprint density at radius 2 is 1.30 bits per heavy atom. The van der Waals surface area contributed by atoms with Crippen molar-refractivity contribution in [3.8, 4) is 11.1 Å². The highest BCUT2D eigenvalue weighted by atomic mass is 15.5. The SMILES string of the molecule is CCC1(C)c2ccc(-c3c(C(C)C)cc(C(C)C)cc3C(C)C)cc2N2c3nccnc3N(c3ccccc3)C2C1(C)CC. The average Bonchev–Trinajstić information content (AvgIpc) is 3.39. The van der Waals surface area contributed by atoms with Gasteiger partial charge in [-0.25, -0.2) is 9.97 Å². The van der Waals surface area contributed by atoms with Crippen LogP contribution in [0, 0.1) is 5.41 Å². The number of anilines is 4. The van der Waals surface area contributed by atoms with Crippen molar-refractivity contribution in [1.82, 2.24) is 9.97 Å². The van der Waals surface area contributed by atoms with E-state index in [0.717, 1.165) is 30.2 Å². The van der Waals surface area contributed by atoms with Gasteiger partial charge in [0.15, 0.2) is 11.6 Å². The van der Waals surface area contributed by atoms with Gasteiger partial charge in [0.05, 0.1) is 0 Å². The number of hydrogen-bond donors (Lipinski definition) is 0. The number of nitrogens with zero attached hydrogens (tertiary/aromatic N) is 4. The maximum Gasteiger partial charge on any atom is 0.178 e. The molecule has 0 saturated carbocycles. The molecule has 4 aromatic rings. The van der Waals surface area contributed by atoms with Crippen LogP contribution in [0.3, 0.4) is 0 Å². The van der Waals surface area contributed by atoms with E-state index in [1.807, 2.05) is 12.4 Å². The summed E-state index contributed by atoms with van der Waals surface area (Å²) >= 11 is 0. The van der Waals surface area contributed by atoms with Crippen molar-refractivity contribution < 1.29 is 0 Å². The highest BCUT2D eigenvalue weighted by Crippen LogP contribution is 2.64. The van der Waals surface area contributed by atoms with Gasteiger partial charge in [-0.05, 0) is 82.2 Å². The molecule has 3 heterocycles. The van der Waals surface area contributed by atoms with Crippen LogP contribution in [-0.2, 0) is 5.41 Å². The summed E-state index contributed by atoms with van der Waals surface area (Å²) in [7, 11) is 0. The zero-order chi connectivity index (χ0) is 31.6. The molecule has 0 bridgehead atoms. The number of para-hydroxylation sites is 1. The van der Waals surface area contributed by atoms with Crippen molar-refractivity contribution in [2.24, 2.45) is 5.41 Å². The van der Waals surface area contributed by atoms with E-state index < -0.39 is 0 Å². The van der Waals surface area contributed by atoms with E-state index in [9.17, 15) is 0 Å². The Hall–Kier alpha value is -3.66. The Bertz CT molecular complexity index is 1640. The highest BCUT2D eigenvalue weighted by molar-refractivity contribution is 5.89. The summed E-state index contributed by atoms with van der Waals surface area (Å²) in [6.45, 7) is 23.7. The van der Waals surface area contributed by atoms with Crippen LogP contribution in [0.4, 0.5) is 23.0 Å². The lowest BCUT2D eigenvalue weighted by Crippen LogP contribution is -2.62. The van der Waals surface area contributed by atoms with Gasteiger partial charge in [-0.15, -0.1) is 0 Å². The van der Waals surface area contributed by atoms with Crippen molar-refractivity contribution in [2.45, 2.75) is 111 Å². The minimum Gasteiger partial charge on any atom is -0.301 e. The molecule has 0 saturated heterocycles. The quantitative estimate of drug-likeness (QED) is 0.216. The maximum atomic E-state index is 5.04. The van der Waals surface area contributed by atoms with Gasteiger partial charge in [0, 0.05) is 34.6 Å². The fourth-order valence-electron chi connectivity index (χ4n) is 8.08. The lowest BCUT2D eigenvalue weighted by molar-refractivity contribution is 0.0964. The minimum absolute atomic E-state index is 0.0393. The van der Waals surface area contributed by atoms with Gasteiger partial charge in [-0.3, -0.25) is 0 Å². The fourth-order valence-corrected chi connectivity index (χ4v) is 8.08. The summed E-state index contributed by atoms with van der Waals surface area (Å²) in [5, 5.41) is 0. The number of rotatable bonds is 7. The topological polar surface area (TPSA) is 32.3 Å². The van der Waals surface area contributed by atoms with Crippen molar-refractivity contribution in [1.29, 1.82) is 0 Å². The van der Waals surface area contributed by atoms with E-state index >= 15 is 0 Å². The number of fused-ring (bicyclic) bond motifs is 5. The van der Waals surface area contributed by atoms with Crippen LogP contribution in [0.25, 0.3) is 11.1 Å². The smallest absolute Gasteiger partial charge is 0.178 e. The summed E-state index contributed by atoms with van der Waals surface area (Å²) in [6, 6.07) is 23.1. The molecule has 1 aromatic heterocycles. The van der Waals surface area contributed by atoms with Crippen LogP contribution in [0.1, 0.15) is 122 Å². The molecule has 3 aromatic carbocycles. The molecule has 4 heteroatoms. The molecule has 0 spiro atoms. The number of hydrogen-bond acceptors (Lipinski definition) is 4. The van der Waals surface area contributed by atoms with Crippen LogP contribution in [0.2, 0.25) is 0 Å². The number of benzene rings is 3. The van der Waals surface area contributed by atoms with Crippen LogP contribution >= 0.6 is 0 Å². The second-order valence-corrected chi connectivity index (χ2v) is 14.4. The Morgan fingerprint density at radius 1 is 0.705 bits per heavy atom. The van der Waals surface area contributed by atoms with Gasteiger partial charge in [-0.2, -0.15) is 0 Å². The minimum atomic E-state index is -0.0837. The molecule has 0 N–H and O–H groups in total. The molecular formula is C40H50N4. The van der Waals surface area contributed by atoms with Crippen molar-refractivity contribution >= 4 is 23.0 Å². The Labute approximate surface area is 265 Å². The third-order valence-corrected chi connectivity index (χ3v) is 11.2. The second kappa shape index (κ2) is 11.1. The van der Waals surface area contributed by atoms with E-state index in [4.69, 9.17) is 9.97 Å². The lowest BCUT2D eigenvalue weighted by Gasteiger charge is -2.58. The molecule has 230 valence electrons. The van der Waals surface area contributed by atoms with Crippen LogP contribution in [-0.4, -0.2) is 16.1 Å². The van der Waals surface area contributed by atoms with Gasteiger partial charge in [0.1, 0.15) is 6.17 Å². The highest BCUT2D eigenvalue weighted by Gasteiger charge is 2.61. The van der Waals surface area contributed by atoms with E-state index in [2.05, 4.69) is 140 Å². The van der Waals surface area contributed by atoms with Gasteiger partial charge in [-0.1, -0.05) is 112 Å². The standard InChI is InChI=1S/C40H50N4/c1-11-39(9)33-19-18-28(35-31(26(5)6)22-29(25(3)4)23-32(35)27(7)8)24-34(33)44-37-36(41-20-21-42-37)43(30-16-14-13-15-17-30)38(44)40(39,10)12-2/h13-27,38H,11-12H2,1-10H3. The third kappa shape index (κ3) is 4.31. The Kier molecular flexibility index (Phi) is 7.63. The molecule has 0 amide bonds.